The number of rotatable bonds is 7. The normalized spacial score (nSPS) is 11.1. The highest BCUT2D eigenvalue weighted by Gasteiger charge is 2.13. The molecule has 0 saturated heterocycles. The van der Waals surface area contributed by atoms with Crippen molar-refractivity contribution in [1.82, 2.24) is 19.7 Å². The zero-order valence-electron chi connectivity index (χ0n) is 17.9. The molecule has 0 unspecified atom stereocenters. The van der Waals surface area contributed by atoms with Crippen LogP contribution in [0.4, 0.5) is 5.69 Å². The van der Waals surface area contributed by atoms with Crippen LogP contribution in [-0.2, 0) is 11.3 Å². The van der Waals surface area contributed by atoms with Gasteiger partial charge in [0, 0.05) is 11.3 Å². The number of hydrogen-bond donors (Lipinski definition) is 1. The molecule has 3 aromatic carbocycles. The molecular weight excluding hydrogens is 450 g/mol. The topological polar surface area (TPSA) is 72.7 Å². The minimum Gasteiger partial charge on any atom is -0.325 e. The van der Waals surface area contributed by atoms with E-state index in [2.05, 4.69) is 33.7 Å². The van der Waals surface area contributed by atoms with E-state index < -0.39 is 0 Å². The molecule has 8 heteroatoms. The zero-order valence-corrected chi connectivity index (χ0v) is 19.6. The van der Waals surface area contributed by atoms with Crippen LogP contribution >= 0.6 is 23.1 Å². The Morgan fingerprint density at radius 3 is 2.67 bits per heavy atom. The van der Waals surface area contributed by atoms with E-state index in [1.807, 2.05) is 72.2 Å². The number of amides is 1. The summed E-state index contributed by atoms with van der Waals surface area (Å²) in [5.41, 5.74) is 3.88. The van der Waals surface area contributed by atoms with Gasteiger partial charge in [0.05, 0.1) is 22.5 Å². The lowest BCUT2D eigenvalue weighted by molar-refractivity contribution is -0.113. The fourth-order valence-electron chi connectivity index (χ4n) is 3.47. The van der Waals surface area contributed by atoms with Crippen molar-refractivity contribution < 1.29 is 4.79 Å². The van der Waals surface area contributed by atoms with Crippen LogP contribution in [0.3, 0.4) is 0 Å². The van der Waals surface area contributed by atoms with Crippen LogP contribution in [0, 0.1) is 6.92 Å². The van der Waals surface area contributed by atoms with Gasteiger partial charge in [0.2, 0.25) is 5.91 Å². The molecule has 5 rings (SSSR count). The number of fused-ring (bicyclic) bond motifs is 1. The predicted molar refractivity (Wildman–Crippen MR) is 135 cm³/mol. The van der Waals surface area contributed by atoms with Crippen molar-refractivity contribution in [3.8, 4) is 10.6 Å². The first kappa shape index (κ1) is 21.4. The summed E-state index contributed by atoms with van der Waals surface area (Å²) in [5, 5.41) is 13.1. The minimum atomic E-state index is -0.0895. The molecule has 0 radical (unpaired) electrons. The molecule has 0 atom stereocenters. The first-order valence-electron chi connectivity index (χ1n) is 10.5. The Labute approximate surface area is 199 Å². The molecule has 0 spiro atoms. The van der Waals surface area contributed by atoms with Crippen molar-refractivity contribution in [2.24, 2.45) is 0 Å². The van der Waals surface area contributed by atoms with Gasteiger partial charge in [-0.1, -0.05) is 66.4 Å². The number of thioether (sulfide) groups is 1. The fourth-order valence-corrected chi connectivity index (χ4v) is 5.21. The van der Waals surface area contributed by atoms with Gasteiger partial charge in [-0.2, -0.15) is 0 Å². The SMILES string of the molecule is Cc1nnc(SCC(=O)Nc2cccc(-c3nc4ccccc4s3)c2)n1Cc1ccccc1. The van der Waals surface area contributed by atoms with Crippen molar-refractivity contribution in [2.75, 3.05) is 11.1 Å². The Morgan fingerprint density at radius 2 is 1.82 bits per heavy atom. The molecule has 2 aromatic heterocycles. The molecule has 1 N–H and O–H groups in total. The van der Waals surface area contributed by atoms with Gasteiger partial charge in [0.25, 0.3) is 0 Å². The highest BCUT2D eigenvalue weighted by atomic mass is 32.2. The summed E-state index contributed by atoms with van der Waals surface area (Å²) in [4.78, 5) is 17.4. The second-order valence-corrected chi connectivity index (χ2v) is 9.48. The molecule has 1 amide bonds. The predicted octanol–water partition coefficient (Wildman–Crippen LogP) is 5.64. The summed E-state index contributed by atoms with van der Waals surface area (Å²) < 4.78 is 3.18. The Kier molecular flexibility index (Phi) is 6.19. The number of nitrogens with one attached hydrogen (secondary N) is 1. The molecule has 0 saturated carbocycles. The monoisotopic (exact) mass is 471 g/mol. The van der Waals surface area contributed by atoms with Gasteiger partial charge in [0.15, 0.2) is 5.16 Å². The number of thiazole rings is 1. The van der Waals surface area contributed by atoms with Crippen molar-refractivity contribution >= 4 is 44.9 Å². The standard InChI is InChI=1S/C25H21N5OS2/c1-17-28-29-25(30(17)15-18-8-3-2-4-9-18)32-16-23(31)26-20-11-7-10-19(14-20)24-27-21-12-5-6-13-22(21)33-24/h2-14H,15-16H2,1H3,(H,26,31). The average Bonchev–Trinajstić information content (AvgIpc) is 3.42. The van der Waals surface area contributed by atoms with Crippen molar-refractivity contribution in [3.05, 3.63) is 90.3 Å². The molecule has 0 aliphatic heterocycles. The molecule has 6 nitrogen and oxygen atoms in total. The molecule has 0 fully saturated rings. The van der Waals surface area contributed by atoms with E-state index in [-0.39, 0.29) is 11.7 Å². The second-order valence-electron chi connectivity index (χ2n) is 7.51. The van der Waals surface area contributed by atoms with Gasteiger partial charge in [-0.15, -0.1) is 21.5 Å². The third kappa shape index (κ3) is 4.97. The first-order chi connectivity index (χ1) is 16.2. The second kappa shape index (κ2) is 9.56. The molecule has 0 aliphatic rings. The van der Waals surface area contributed by atoms with Gasteiger partial charge in [-0.05, 0) is 36.8 Å². The highest BCUT2D eigenvalue weighted by Crippen LogP contribution is 2.31. The molecule has 164 valence electrons. The minimum absolute atomic E-state index is 0.0895. The van der Waals surface area contributed by atoms with Crippen LogP contribution in [0.25, 0.3) is 20.8 Å². The molecule has 2 heterocycles. The number of aromatic nitrogens is 4. The number of carbonyl (C=O) groups is 1. The van der Waals surface area contributed by atoms with E-state index in [1.54, 1.807) is 11.3 Å². The largest absolute Gasteiger partial charge is 0.325 e. The van der Waals surface area contributed by atoms with Crippen LogP contribution < -0.4 is 5.32 Å². The Morgan fingerprint density at radius 1 is 1.00 bits per heavy atom. The number of carbonyl (C=O) groups excluding carboxylic acids is 1. The van der Waals surface area contributed by atoms with Gasteiger partial charge < -0.3 is 9.88 Å². The molecule has 5 aromatic rings. The van der Waals surface area contributed by atoms with Crippen molar-refractivity contribution in [3.63, 3.8) is 0 Å². The van der Waals surface area contributed by atoms with E-state index in [0.29, 0.717) is 6.54 Å². The van der Waals surface area contributed by atoms with E-state index in [0.717, 1.165) is 37.5 Å². The van der Waals surface area contributed by atoms with Gasteiger partial charge in [0.1, 0.15) is 10.8 Å². The number of benzene rings is 3. The van der Waals surface area contributed by atoms with Crippen LogP contribution in [0.5, 0.6) is 0 Å². The highest BCUT2D eigenvalue weighted by molar-refractivity contribution is 7.99. The van der Waals surface area contributed by atoms with E-state index >= 15 is 0 Å². The number of hydrogen-bond acceptors (Lipinski definition) is 6. The van der Waals surface area contributed by atoms with Crippen molar-refractivity contribution in [1.29, 1.82) is 0 Å². The van der Waals surface area contributed by atoms with Gasteiger partial charge >= 0.3 is 0 Å². The Hall–Kier alpha value is -3.49. The Bertz CT molecular complexity index is 1380. The summed E-state index contributed by atoms with van der Waals surface area (Å²) in [6.45, 7) is 2.60. The lowest BCUT2D eigenvalue weighted by Crippen LogP contribution is -2.15. The fraction of sp³-hybridized carbons (Fsp3) is 0.120. The molecule has 0 bridgehead atoms. The van der Waals surface area contributed by atoms with E-state index in [9.17, 15) is 4.79 Å². The van der Waals surface area contributed by atoms with Crippen LogP contribution in [0.1, 0.15) is 11.4 Å². The van der Waals surface area contributed by atoms with Gasteiger partial charge in [-0.3, -0.25) is 4.79 Å². The third-order valence-electron chi connectivity index (χ3n) is 5.10. The number of nitrogens with zero attached hydrogens (tertiary/aromatic N) is 4. The summed E-state index contributed by atoms with van der Waals surface area (Å²) in [6.07, 6.45) is 0. The van der Waals surface area contributed by atoms with E-state index in [1.165, 1.54) is 17.3 Å². The maximum absolute atomic E-state index is 12.6. The van der Waals surface area contributed by atoms with Crippen LogP contribution in [-0.4, -0.2) is 31.4 Å². The smallest absolute Gasteiger partial charge is 0.234 e. The van der Waals surface area contributed by atoms with Crippen LogP contribution in [0.2, 0.25) is 0 Å². The molecule has 0 aliphatic carbocycles. The number of para-hydroxylation sites is 1. The summed E-state index contributed by atoms with van der Waals surface area (Å²) in [6, 6.07) is 26.0. The number of anilines is 1. The summed E-state index contributed by atoms with van der Waals surface area (Å²) in [5.74, 6) is 0.983. The van der Waals surface area contributed by atoms with E-state index in [4.69, 9.17) is 4.98 Å². The summed E-state index contributed by atoms with van der Waals surface area (Å²) in [7, 11) is 0. The van der Waals surface area contributed by atoms with Crippen LogP contribution in [0.15, 0.2) is 84.0 Å². The Balaban J connectivity index is 1.25. The maximum atomic E-state index is 12.6. The van der Waals surface area contributed by atoms with Gasteiger partial charge in [-0.25, -0.2) is 4.98 Å². The zero-order chi connectivity index (χ0) is 22.6. The molecule has 33 heavy (non-hydrogen) atoms. The molecular formula is C25H21N5OS2. The lowest BCUT2D eigenvalue weighted by Gasteiger charge is -2.09. The third-order valence-corrected chi connectivity index (χ3v) is 7.16. The van der Waals surface area contributed by atoms with Crippen molar-refractivity contribution in [2.45, 2.75) is 18.6 Å². The average molecular weight is 472 g/mol. The summed E-state index contributed by atoms with van der Waals surface area (Å²) >= 11 is 3.03. The number of aryl methyl sites for hydroxylation is 1. The maximum Gasteiger partial charge on any atom is 0.234 e. The first-order valence-corrected chi connectivity index (χ1v) is 12.3. The lowest BCUT2D eigenvalue weighted by atomic mass is 10.2. The quantitative estimate of drug-likeness (QED) is 0.311.